The highest BCUT2D eigenvalue weighted by Gasteiger charge is 2.61. The highest BCUT2D eigenvalue weighted by Crippen LogP contribution is 2.53. The second-order valence-corrected chi connectivity index (χ2v) is 7.19. The normalized spacial score (nSPS) is 34.0. The monoisotopic (exact) mass is 270 g/mol. The van der Waals surface area contributed by atoms with Gasteiger partial charge in [-0.25, -0.2) is 4.79 Å². The number of hydrogen-bond donors (Lipinski definition) is 1. The van der Waals surface area contributed by atoms with E-state index in [1.807, 2.05) is 20.8 Å². The van der Waals surface area contributed by atoms with Gasteiger partial charge in [-0.2, -0.15) is 0 Å². The highest BCUT2D eigenvalue weighted by molar-refractivity contribution is 5.69. The largest absolute Gasteiger partial charge is 0.444 e. The SMILES string of the molecule is CC(C)(C)OC(=O)N1CCOCC1[C@@H]1[C@@H](N)C1(C)C. The third-order valence-electron chi connectivity index (χ3n) is 4.20. The van der Waals surface area contributed by atoms with Crippen molar-refractivity contribution in [1.82, 2.24) is 4.90 Å². The number of rotatable bonds is 1. The van der Waals surface area contributed by atoms with E-state index in [1.165, 1.54) is 0 Å². The van der Waals surface area contributed by atoms with Crippen molar-refractivity contribution in [2.75, 3.05) is 19.8 Å². The van der Waals surface area contributed by atoms with E-state index in [-0.39, 0.29) is 23.6 Å². The average Bonchev–Trinajstić information content (AvgIpc) is 2.75. The summed E-state index contributed by atoms with van der Waals surface area (Å²) < 4.78 is 11.0. The van der Waals surface area contributed by atoms with Gasteiger partial charge in [-0.05, 0) is 26.2 Å². The quantitative estimate of drug-likeness (QED) is 0.786. The lowest BCUT2D eigenvalue weighted by atomic mass is 10.0. The molecule has 5 nitrogen and oxygen atoms in total. The van der Waals surface area contributed by atoms with Crippen molar-refractivity contribution in [3.05, 3.63) is 0 Å². The molecule has 1 aliphatic heterocycles. The van der Waals surface area contributed by atoms with Crippen LogP contribution in [0.3, 0.4) is 0 Å². The lowest BCUT2D eigenvalue weighted by Crippen LogP contribution is -2.52. The van der Waals surface area contributed by atoms with E-state index in [4.69, 9.17) is 15.2 Å². The Morgan fingerprint density at radius 2 is 2.00 bits per heavy atom. The summed E-state index contributed by atoms with van der Waals surface area (Å²) in [7, 11) is 0. The van der Waals surface area contributed by atoms with Gasteiger partial charge in [0.15, 0.2) is 0 Å². The van der Waals surface area contributed by atoms with Gasteiger partial charge in [-0.1, -0.05) is 13.8 Å². The maximum absolute atomic E-state index is 12.3. The zero-order valence-electron chi connectivity index (χ0n) is 12.6. The molecule has 2 N–H and O–H groups in total. The summed E-state index contributed by atoms with van der Waals surface area (Å²) >= 11 is 0. The lowest BCUT2D eigenvalue weighted by molar-refractivity contribution is -0.0401. The molecule has 1 saturated heterocycles. The van der Waals surface area contributed by atoms with Gasteiger partial charge in [0, 0.05) is 18.5 Å². The van der Waals surface area contributed by atoms with Gasteiger partial charge in [0.25, 0.3) is 0 Å². The molecule has 2 aliphatic rings. The van der Waals surface area contributed by atoms with Crippen LogP contribution in [-0.4, -0.2) is 48.4 Å². The highest BCUT2D eigenvalue weighted by atomic mass is 16.6. The Labute approximate surface area is 115 Å². The number of carbonyl (C=O) groups is 1. The summed E-state index contributed by atoms with van der Waals surface area (Å²) in [5.74, 6) is 0.292. The van der Waals surface area contributed by atoms with Crippen LogP contribution in [0.25, 0.3) is 0 Å². The Morgan fingerprint density at radius 1 is 1.42 bits per heavy atom. The molecule has 2 fully saturated rings. The van der Waals surface area contributed by atoms with E-state index in [0.717, 1.165) is 0 Å². The Kier molecular flexibility index (Phi) is 3.56. The third kappa shape index (κ3) is 2.87. The first-order chi connectivity index (χ1) is 8.64. The Bertz CT molecular complexity index is 362. The van der Waals surface area contributed by atoms with Crippen LogP contribution in [0.1, 0.15) is 34.6 Å². The maximum atomic E-state index is 12.3. The van der Waals surface area contributed by atoms with Gasteiger partial charge in [-0.3, -0.25) is 0 Å². The number of ether oxygens (including phenoxy) is 2. The predicted molar refractivity (Wildman–Crippen MR) is 72.8 cm³/mol. The van der Waals surface area contributed by atoms with Gasteiger partial charge < -0.3 is 20.1 Å². The fraction of sp³-hybridized carbons (Fsp3) is 0.929. The minimum absolute atomic E-state index is 0.0357. The summed E-state index contributed by atoms with van der Waals surface area (Å²) in [6.45, 7) is 11.6. The molecule has 3 atom stereocenters. The molecule has 0 aromatic heterocycles. The summed E-state index contributed by atoms with van der Waals surface area (Å²) in [6.07, 6.45) is -0.254. The van der Waals surface area contributed by atoms with Crippen LogP contribution < -0.4 is 5.73 Å². The van der Waals surface area contributed by atoms with Crippen molar-refractivity contribution in [2.45, 2.75) is 52.3 Å². The number of nitrogens with zero attached hydrogens (tertiary/aromatic N) is 1. The van der Waals surface area contributed by atoms with Gasteiger partial charge >= 0.3 is 6.09 Å². The average molecular weight is 270 g/mol. The molecule has 0 aromatic rings. The summed E-state index contributed by atoms with van der Waals surface area (Å²) in [5, 5.41) is 0. The maximum Gasteiger partial charge on any atom is 0.410 e. The second-order valence-electron chi connectivity index (χ2n) is 7.19. The van der Waals surface area contributed by atoms with Crippen LogP contribution in [0, 0.1) is 11.3 Å². The molecular weight excluding hydrogens is 244 g/mol. The van der Waals surface area contributed by atoms with Crippen LogP contribution in [-0.2, 0) is 9.47 Å². The lowest BCUT2D eigenvalue weighted by Gasteiger charge is -2.37. The molecule has 1 unspecified atom stereocenters. The summed E-state index contributed by atoms with van der Waals surface area (Å²) in [5.41, 5.74) is 5.73. The van der Waals surface area contributed by atoms with E-state index in [0.29, 0.717) is 25.7 Å². The van der Waals surface area contributed by atoms with E-state index in [2.05, 4.69) is 13.8 Å². The topological polar surface area (TPSA) is 64.8 Å². The molecular formula is C14H26N2O3. The molecule has 110 valence electrons. The Hall–Kier alpha value is -0.810. The van der Waals surface area contributed by atoms with Crippen LogP contribution in [0.4, 0.5) is 4.79 Å². The predicted octanol–water partition coefficient (Wildman–Crippen LogP) is 1.61. The van der Waals surface area contributed by atoms with Gasteiger partial charge in [-0.15, -0.1) is 0 Å². The first kappa shape index (κ1) is 14.6. The number of amides is 1. The molecule has 0 spiro atoms. The Morgan fingerprint density at radius 3 is 2.47 bits per heavy atom. The van der Waals surface area contributed by atoms with E-state index in [9.17, 15) is 4.79 Å². The molecule has 2 rings (SSSR count). The molecule has 5 heteroatoms. The van der Waals surface area contributed by atoms with Crippen molar-refractivity contribution < 1.29 is 14.3 Å². The fourth-order valence-electron chi connectivity index (χ4n) is 2.92. The van der Waals surface area contributed by atoms with Crippen LogP contribution >= 0.6 is 0 Å². The van der Waals surface area contributed by atoms with Crippen LogP contribution in [0.2, 0.25) is 0 Å². The van der Waals surface area contributed by atoms with Crippen molar-refractivity contribution in [3.63, 3.8) is 0 Å². The zero-order chi connectivity index (χ0) is 14.4. The zero-order valence-corrected chi connectivity index (χ0v) is 12.6. The molecule has 1 aliphatic carbocycles. The molecule has 1 saturated carbocycles. The number of nitrogens with two attached hydrogens (primary N) is 1. The van der Waals surface area contributed by atoms with Crippen LogP contribution in [0.15, 0.2) is 0 Å². The minimum Gasteiger partial charge on any atom is -0.444 e. The van der Waals surface area contributed by atoms with E-state index in [1.54, 1.807) is 4.90 Å². The van der Waals surface area contributed by atoms with Crippen molar-refractivity contribution in [3.8, 4) is 0 Å². The Balaban J connectivity index is 2.07. The minimum atomic E-state index is -0.471. The smallest absolute Gasteiger partial charge is 0.410 e. The standard InChI is InChI=1S/C14H26N2O3/c1-13(2,3)19-12(17)16-6-7-18-8-9(16)10-11(15)14(10,4)5/h9-11H,6-8,15H2,1-5H3/t9?,10-,11-/m1/s1. The van der Waals surface area contributed by atoms with E-state index >= 15 is 0 Å². The van der Waals surface area contributed by atoms with Crippen molar-refractivity contribution in [2.24, 2.45) is 17.1 Å². The molecule has 0 aromatic carbocycles. The molecule has 0 bridgehead atoms. The van der Waals surface area contributed by atoms with Gasteiger partial charge in [0.2, 0.25) is 0 Å². The number of morpholine rings is 1. The van der Waals surface area contributed by atoms with Crippen LogP contribution in [0.5, 0.6) is 0 Å². The van der Waals surface area contributed by atoms with E-state index < -0.39 is 5.60 Å². The molecule has 1 heterocycles. The summed E-state index contributed by atoms with van der Waals surface area (Å²) in [6, 6.07) is 0.165. The third-order valence-corrected chi connectivity index (χ3v) is 4.20. The first-order valence-corrected chi connectivity index (χ1v) is 6.97. The van der Waals surface area contributed by atoms with Crippen molar-refractivity contribution in [1.29, 1.82) is 0 Å². The summed E-state index contributed by atoms with van der Waals surface area (Å²) in [4.78, 5) is 14.1. The molecule has 1 amide bonds. The molecule has 19 heavy (non-hydrogen) atoms. The fourth-order valence-corrected chi connectivity index (χ4v) is 2.92. The molecule has 0 radical (unpaired) electrons. The van der Waals surface area contributed by atoms with Gasteiger partial charge in [0.05, 0.1) is 19.3 Å². The van der Waals surface area contributed by atoms with Gasteiger partial charge in [0.1, 0.15) is 5.60 Å². The van der Waals surface area contributed by atoms with Crippen molar-refractivity contribution >= 4 is 6.09 Å². The number of hydrogen-bond acceptors (Lipinski definition) is 4. The second kappa shape index (κ2) is 4.63. The first-order valence-electron chi connectivity index (χ1n) is 6.97. The number of carbonyl (C=O) groups excluding carboxylic acids is 1.